The average Bonchev–Trinajstić information content (AvgIpc) is 2.79. The van der Waals surface area contributed by atoms with Gasteiger partial charge in [0.25, 0.3) is 0 Å². The fourth-order valence-corrected chi connectivity index (χ4v) is 2.27. The average molecular weight is 222 g/mol. The van der Waals surface area contributed by atoms with Crippen LogP contribution < -0.4 is 5.73 Å². The minimum atomic E-state index is -0.365. The Hall–Kier alpha value is -1.36. The van der Waals surface area contributed by atoms with Crippen molar-refractivity contribution in [1.82, 2.24) is 14.8 Å². The molecule has 16 heavy (non-hydrogen) atoms. The molecule has 0 amide bonds. The maximum atomic E-state index is 10.1. The fourth-order valence-electron chi connectivity index (χ4n) is 2.27. The van der Waals surface area contributed by atoms with Crippen LogP contribution in [0.2, 0.25) is 0 Å². The van der Waals surface area contributed by atoms with E-state index in [0.717, 1.165) is 6.42 Å². The SMILES string of the molecule is C=C(N)c1ncn(C2CC(C)C(C)C2O)n1. The number of nitrogens with two attached hydrogens (primary N) is 1. The Labute approximate surface area is 95.0 Å². The standard InChI is InChI=1S/C11H18N4O/c1-6-4-9(10(16)7(6)2)15-5-13-11(14-15)8(3)12/h5-7,9-10,16H,3-4,12H2,1-2H3. The molecule has 88 valence electrons. The highest BCUT2D eigenvalue weighted by molar-refractivity contribution is 5.51. The van der Waals surface area contributed by atoms with E-state index < -0.39 is 0 Å². The Balaban J connectivity index is 2.21. The maximum absolute atomic E-state index is 10.1. The molecular weight excluding hydrogens is 204 g/mol. The van der Waals surface area contributed by atoms with Crippen molar-refractivity contribution >= 4 is 5.70 Å². The second kappa shape index (κ2) is 3.90. The lowest BCUT2D eigenvalue weighted by atomic mass is 9.99. The summed E-state index contributed by atoms with van der Waals surface area (Å²) in [6, 6.07) is 0.00519. The molecule has 1 saturated carbocycles. The molecular formula is C11H18N4O. The highest BCUT2D eigenvalue weighted by atomic mass is 16.3. The summed E-state index contributed by atoms with van der Waals surface area (Å²) in [4.78, 5) is 4.06. The molecule has 2 rings (SSSR count). The van der Waals surface area contributed by atoms with Gasteiger partial charge in [0.15, 0.2) is 5.82 Å². The number of aliphatic hydroxyl groups excluding tert-OH is 1. The van der Waals surface area contributed by atoms with E-state index in [2.05, 4.69) is 30.5 Å². The lowest BCUT2D eigenvalue weighted by Gasteiger charge is -2.16. The van der Waals surface area contributed by atoms with Crippen molar-refractivity contribution in [2.45, 2.75) is 32.4 Å². The minimum absolute atomic E-state index is 0.00519. The fraction of sp³-hybridized carbons (Fsp3) is 0.636. The first-order valence-electron chi connectivity index (χ1n) is 5.54. The van der Waals surface area contributed by atoms with Crippen molar-refractivity contribution in [3.05, 3.63) is 18.7 Å². The molecule has 1 aliphatic carbocycles. The number of nitrogens with zero attached hydrogens (tertiary/aromatic N) is 3. The predicted molar refractivity (Wildman–Crippen MR) is 61.2 cm³/mol. The number of rotatable bonds is 2. The van der Waals surface area contributed by atoms with E-state index in [0.29, 0.717) is 23.4 Å². The molecule has 5 heteroatoms. The molecule has 1 aromatic heterocycles. The summed E-state index contributed by atoms with van der Waals surface area (Å²) in [6.07, 6.45) is 2.17. The van der Waals surface area contributed by atoms with Crippen molar-refractivity contribution in [1.29, 1.82) is 0 Å². The van der Waals surface area contributed by atoms with Crippen molar-refractivity contribution in [2.24, 2.45) is 17.6 Å². The van der Waals surface area contributed by atoms with Gasteiger partial charge in [-0.2, -0.15) is 0 Å². The monoisotopic (exact) mass is 222 g/mol. The van der Waals surface area contributed by atoms with Crippen LogP contribution in [0.25, 0.3) is 5.70 Å². The summed E-state index contributed by atoms with van der Waals surface area (Å²) in [5.74, 6) is 1.23. The topological polar surface area (TPSA) is 77.0 Å². The van der Waals surface area contributed by atoms with Gasteiger partial charge < -0.3 is 10.8 Å². The summed E-state index contributed by atoms with van der Waals surface area (Å²) < 4.78 is 1.71. The van der Waals surface area contributed by atoms with E-state index in [9.17, 15) is 5.11 Å². The summed E-state index contributed by atoms with van der Waals surface area (Å²) in [6.45, 7) is 7.80. The number of hydrogen-bond acceptors (Lipinski definition) is 4. The first-order valence-corrected chi connectivity index (χ1v) is 5.54. The van der Waals surface area contributed by atoms with Crippen molar-refractivity contribution in [2.75, 3.05) is 0 Å². The highest BCUT2D eigenvalue weighted by Crippen LogP contribution is 2.38. The second-order valence-electron chi connectivity index (χ2n) is 4.70. The van der Waals surface area contributed by atoms with Crippen molar-refractivity contribution < 1.29 is 5.11 Å². The quantitative estimate of drug-likeness (QED) is 0.775. The van der Waals surface area contributed by atoms with Gasteiger partial charge in [-0.3, -0.25) is 0 Å². The zero-order valence-electron chi connectivity index (χ0n) is 9.67. The van der Waals surface area contributed by atoms with Crippen LogP contribution in [0.3, 0.4) is 0 Å². The maximum Gasteiger partial charge on any atom is 0.196 e. The van der Waals surface area contributed by atoms with E-state index in [1.165, 1.54) is 0 Å². The number of aromatic nitrogens is 3. The van der Waals surface area contributed by atoms with Gasteiger partial charge in [-0.15, -0.1) is 5.10 Å². The molecule has 0 spiro atoms. The van der Waals surface area contributed by atoms with Gasteiger partial charge in [0.05, 0.1) is 17.8 Å². The van der Waals surface area contributed by atoms with Crippen LogP contribution in [0.1, 0.15) is 32.1 Å². The van der Waals surface area contributed by atoms with E-state index in [-0.39, 0.29) is 12.1 Å². The molecule has 4 atom stereocenters. The zero-order valence-corrected chi connectivity index (χ0v) is 9.67. The Morgan fingerprint density at radius 1 is 1.62 bits per heavy atom. The molecule has 4 unspecified atom stereocenters. The smallest absolute Gasteiger partial charge is 0.196 e. The van der Waals surface area contributed by atoms with E-state index in [4.69, 9.17) is 5.73 Å². The van der Waals surface area contributed by atoms with Crippen LogP contribution in [0, 0.1) is 11.8 Å². The van der Waals surface area contributed by atoms with Gasteiger partial charge in [-0.25, -0.2) is 9.67 Å². The largest absolute Gasteiger partial charge is 0.396 e. The molecule has 0 saturated heterocycles. The van der Waals surface area contributed by atoms with E-state index >= 15 is 0 Å². The summed E-state index contributed by atoms with van der Waals surface area (Å²) in [7, 11) is 0. The Kier molecular flexibility index (Phi) is 2.71. The van der Waals surface area contributed by atoms with Crippen LogP contribution in [-0.2, 0) is 0 Å². The molecule has 0 bridgehead atoms. The van der Waals surface area contributed by atoms with E-state index in [1.807, 2.05) is 0 Å². The van der Waals surface area contributed by atoms with Crippen molar-refractivity contribution in [3.63, 3.8) is 0 Å². The van der Waals surface area contributed by atoms with Gasteiger partial charge in [-0.05, 0) is 18.3 Å². The Morgan fingerprint density at radius 3 is 2.75 bits per heavy atom. The van der Waals surface area contributed by atoms with Gasteiger partial charge in [-0.1, -0.05) is 20.4 Å². The number of aliphatic hydroxyl groups is 1. The third kappa shape index (κ3) is 1.71. The molecule has 1 aliphatic rings. The Morgan fingerprint density at radius 2 is 2.31 bits per heavy atom. The molecule has 1 aromatic rings. The predicted octanol–water partition coefficient (Wildman–Crippen LogP) is 0.785. The zero-order chi connectivity index (χ0) is 11.9. The Bertz CT molecular complexity index is 400. The van der Waals surface area contributed by atoms with Crippen LogP contribution in [0.15, 0.2) is 12.9 Å². The van der Waals surface area contributed by atoms with Crippen LogP contribution in [-0.4, -0.2) is 26.0 Å². The first kappa shape index (κ1) is 11.1. The highest BCUT2D eigenvalue weighted by Gasteiger charge is 2.38. The van der Waals surface area contributed by atoms with E-state index in [1.54, 1.807) is 11.0 Å². The van der Waals surface area contributed by atoms with Crippen LogP contribution in [0.4, 0.5) is 0 Å². The molecule has 3 N–H and O–H groups in total. The van der Waals surface area contributed by atoms with Gasteiger partial charge in [0, 0.05) is 0 Å². The first-order chi connectivity index (χ1) is 7.50. The minimum Gasteiger partial charge on any atom is -0.396 e. The lowest BCUT2D eigenvalue weighted by molar-refractivity contribution is 0.0912. The summed E-state index contributed by atoms with van der Waals surface area (Å²) >= 11 is 0. The lowest BCUT2D eigenvalue weighted by Crippen LogP contribution is -2.23. The van der Waals surface area contributed by atoms with Crippen LogP contribution >= 0.6 is 0 Å². The van der Waals surface area contributed by atoms with Crippen molar-refractivity contribution in [3.8, 4) is 0 Å². The molecule has 1 heterocycles. The number of hydrogen-bond donors (Lipinski definition) is 2. The molecule has 0 radical (unpaired) electrons. The van der Waals surface area contributed by atoms with Crippen LogP contribution in [0.5, 0.6) is 0 Å². The van der Waals surface area contributed by atoms with Gasteiger partial charge >= 0.3 is 0 Å². The third-order valence-corrected chi connectivity index (χ3v) is 3.58. The molecule has 0 aliphatic heterocycles. The summed E-state index contributed by atoms with van der Waals surface area (Å²) in [5.41, 5.74) is 5.87. The molecule has 0 aromatic carbocycles. The third-order valence-electron chi connectivity index (χ3n) is 3.58. The normalized spacial score (nSPS) is 34.2. The van der Waals surface area contributed by atoms with Gasteiger partial charge in [0.2, 0.25) is 0 Å². The summed E-state index contributed by atoms with van der Waals surface area (Å²) in [5, 5.41) is 14.3. The second-order valence-corrected chi connectivity index (χ2v) is 4.70. The molecule has 1 fully saturated rings. The van der Waals surface area contributed by atoms with Gasteiger partial charge in [0.1, 0.15) is 6.33 Å². The molecule has 5 nitrogen and oxygen atoms in total.